The van der Waals surface area contributed by atoms with Gasteiger partial charge in [-0.1, -0.05) is 24.3 Å². The fourth-order valence-corrected chi connectivity index (χ4v) is 5.52. The Morgan fingerprint density at radius 2 is 1.83 bits per heavy atom. The highest BCUT2D eigenvalue weighted by Gasteiger charge is 2.36. The summed E-state index contributed by atoms with van der Waals surface area (Å²) in [4.78, 5) is 12.8. The van der Waals surface area contributed by atoms with Crippen molar-refractivity contribution < 1.29 is 17.6 Å². The molecule has 0 saturated heterocycles. The van der Waals surface area contributed by atoms with Crippen LogP contribution in [0.15, 0.2) is 71.6 Å². The number of rotatable bonds is 4. The molecular formula is C23H21FN2O3S. The smallest absolute Gasteiger partial charge is 0.264 e. The molecule has 0 aliphatic carbocycles. The molecule has 5 nitrogen and oxygen atoms in total. The van der Waals surface area contributed by atoms with Gasteiger partial charge in [0, 0.05) is 17.3 Å². The van der Waals surface area contributed by atoms with E-state index in [1.807, 2.05) is 25.1 Å². The lowest BCUT2D eigenvalue weighted by Gasteiger charge is -2.24. The van der Waals surface area contributed by atoms with E-state index in [4.69, 9.17) is 0 Å². The molecule has 30 heavy (non-hydrogen) atoms. The number of benzene rings is 3. The summed E-state index contributed by atoms with van der Waals surface area (Å²) in [5.41, 5.74) is 2.90. The zero-order chi connectivity index (χ0) is 21.5. The van der Waals surface area contributed by atoms with Crippen LogP contribution in [0.4, 0.5) is 15.8 Å². The lowest BCUT2D eigenvalue weighted by Crippen LogP contribution is -2.35. The van der Waals surface area contributed by atoms with Crippen LogP contribution in [0.25, 0.3) is 0 Å². The number of fused-ring (bicyclic) bond motifs is 1. The number of para-hydroxylation sites is 1. The minimum absolute atomic E-state index is 0.0505. The highest BCUT2D eigenvalue weighted by Crippen LogP contribution is 2.36. The first-order valence-corrected chi connectivity index (χ1v) is 11.0. The van der Waals surface area contributed by atoms with Gasteiger partial charge in [-0.05, 0) is 73.9 Å². The molecule has 1 N–H and O–H groups in total. The molecule has 0 spiro atoms. The van der Waals surface area contributed by atoms with Crippen LogP contribution in [-0.2, 0) is 16.4 Å². The van der Waals surface area contributed by atoms with Gasteiger partial charge in [0.15, 0.2) is 0 Å². The number of amides is 1. The van der Waals surface area contributed by atoms with Crippen LogP contribution in [0.3, 0.4) is 0 Å². The van der Waals surface area contributed by atoms with E-state index in [-0.39, 0.29) is 16.5 Å². The monoisotopic (exact) mass is 424 g/mol. The van der Waals surface area contributed by atoms with Gasteiger partial charge >= 0.3 is 0 Å². The van der Waals surface area contributed by atoms with Gasteiger partial charge in [0.1, 0.15) is 5.82 Å². The number of carbonyl (C=O) groups excluding carboxylic acids is 1. The third-order valence-corrected chi connectivity index (χ3v) is 7.16. The Hall–Kier alpha value is -3.19. The Balaban J connectivity index is 1.65. The number of anilines is 2. The summed E-state index contributed by atoms with van der Waals surface area (Å²) in [6, 6.07) is 17.2. The molecule has 0 aromatic heterocycles. The van der Waals surface area contributed by atoms with Crippen molar-refractivity contribution in [2.24, 2.45) is 0 Å². The number of aryl methyl sites for hydroxylation is 1. The lowest BCUT2D eigenvalue weighted by atomic mass is 10.1. The maximum absolute atomic E-state index is 13.4. The normalized spacial score (nSPS) is 15.7. The molecule has 7 heteroatoms. The topological polar surface area (TPSA) is 66.5 Å². The van der Waals surface area contributed by atoms with E-state index in [2.05, 4.69) is 5.32 Å². The number of carbonyl (C=O) groups is 1. The molecule has 1 unspecified atom stereocenters. The Morgan fingerprint density at radius 1 is 1.07 bits per heavy atom. The van der Waals surface area contributed by atoms with Crippen LogP contribution >= 0.6 is 0 Å². The fourth-order valence-electron chi connectivity index (χ4n) is 3.78. The van der Waals surface area contributed by atoms with Crippen molar-refractivity contribution in [2.45, 2.75) is 31.2 Å². The minimum Gasteiger partial charge on any atom is -0.322 e. The van der Waals surface area contributed by atoms with E-state index in [0.29, 0.717) is 23.4 Å². The fraction of sp³-hybridized carbons (Fsp3) is 0.174. The third-order valence-electron chi connectivity index (χ3n) is 5.23. The predicted octanol–water partition coefficient (Wildman–Crippen LogP) is 4.53. The lowest BCUT2D eigenvalue weighted by molar-refractivity contribution is 0.102. The first-order chi connectivity index (χ1) is 14.3. The maximum Gasteiger partial charge on any atom is 0.264 e. The highest BCUT2D eigenvalue weighted by molar-refractivity contribution is 7.92. The van der Waals surface area contributed by atoms with Crippen LogP contribution in [0.1, 0.15) is 28.4 Å². The second-order valence-electron chi connectivity index (χ2n) is 7.42. The molecule has 0 fully saturated rings. The van der Waals surface area contributed by atoms with E-state index < -0.39 is 21.7 Å². The Labute approximate surface area is 175 Å². The molecule has 1 amide bonds. The molecule has 0 radical (unpaired) electrons. The molecule has 1 heterocycles. The van der Waals surface area contributed by atoms with Gasteiger partial charge in [0.25, 0.3) is 15.9 Å². The van der Waals surface area contributed by atoms with Crippen molar-refractivity contribution in [3.63, 3.8) is 0 Å². The van der Waals surface area contributed by atoms with Crippen molar-refractivity contribution in [2.75, 3.05) is 9.62 Å². The van der Waals surface area contributed by atoms with Gasteiger partial charge in [0.05, 0.1) is 10.6 Å². The van der Waals surface area contributed by atoms with Crippen molar-refractivity contribution in [1.29, 1.82) is 0 Å². The summed E-state index contributed by atoms with van der Waals surface area (Å²) in [5.74, 6) is -0.852. The second kappa shape index (κ2) is 7.57. The van der Waals surface area contributed by atoms with Crippen molar-refractivity contribution in [1.82, 2.24) is 0 Å². The van der Waals surface area contributed by atoms with Gasteiger partial charge in [-0.15, -0.1) is 0 Å². The molecule has 1 aliphatic rings. The average molecular weight is 424 g/mol. The Bertz CT molecular complexity index is 1240. The Kier molecular flexibility index (Phi) is 5.07. The first kappa shape index (κ1) is 20.1. The zero-order valence-electron chi connectivity index (χ0n) is 16.6. The van der Waals surface area contributed by atoms with Crippen LogP contribution in [-0.4, -0.2) is 20.4 Å². The second-order valence-corrected chi connectivity index (χ2v) is 9.24. The predicted molar refractivity (Wildman–Crippen MR) is 115 cm³/mol. The van der Waals surface area contributed by atoms with E-state index in [1.165, 1.54) is 34.6 Å². The van der Waals surface area contributed by atoms with Crippen LogP contribution in [0.5, 0.6) is 0 Å². The quantitative estimate of drug-likeness (QED) is 0.669. The molecule has 4 rings (SSSR count). The maximum atomic E-state index is 13.4. The number of sulfonamides is 1. The molecule has 154 valence electrons. The number of nitrogens with zero attached hydrogens (tertiary/aromatic N) is 1. The summed E-state index contributed by atoms with van der Waals surface area (Å²) >= 11 is 0. The number of halogens is 1. The third kappa shape index (κ3) is 3.57. The SMILES string of the molecule is Cc1cc(F)ccc1NC(=O)c1cccc(S(=O)(=O)N2c3ccccc3CC2C)c1. The molecule has 3 aromatic rings. The summed E-state index contributed by atoms with van der Waals surface area (Å²) in [5, 5.41) is 2.71. The number of hydrogen-bond acceptors (Lipinski definition) is 3. The molecule has 1 atom stereocenters. The average Bonchev–Trinajstić information content (AvgIpc) is 3.06. The number of hydrogen-bond donors (Lipinski definition) is 1. The first-order valence-electron chi connectivity index (χ1n) is 9.57. The van der Waals surface area contributed by atoms with Crippen molar-refractivity contribution >= 4 is 27.3 Å². The molecule has 0 saturated carbocycles. The molecule has 1 aliphatic heterocycles. The molecule has 3 aromatic carbocycles. The standard InChI is InChI=1S/C23H21FN2O3S/c1-15-12-19(24)10-11-21(15)25-23(27)18-7-5-8-20(14-18)30(28,29)26-16(2)13-17-6-3-4-9-22(17)26/h3-12,14,16H,13H2,1-2H3,(H,25,27). The van der Waals surface area contributed by atoms with Gasteiger partial charge < -0.3 is 5.32 Å². The van der Waals surface area contributed by atoms with Crippen LogP contribution in [0, 0.1) is 12.7 Å². The summed E-state index contributed by atoms with van der Waals surface area (Å²) in [6.07, 6.45) is 0.638. The van der Waals surface area contributed by atoms with E-state index in [1.54, 1.807) is 25.1 Å². The van der Waals surface area contributed by atoms with Crippen LogP contribution < -0.4 is 9.62 Å². The minimum atomic E-state index is -3.84. The van der Waals surface area contributed by atoms with Gasteiger partial charge in [0.2, 0.25) is 0 Å². The molecular weight excluding hydrogens is 403 g/mol. The van der Waals surface area contributed by atoms with Crippen LogP contribution in [0.2, 0.25) is 0 Å². The Morgan fingerprint density at radius 3 is 2.60 bits per heavy atom. The van der Waals surface area contributed by atoms with E-state index >= 15 is 0 Å². The summed E-state index contributed by atoms with van der Waals surface area (Å²) in [7, 11) is -3.84. The van der Waals surface area contributed by atoms with E-state index in [9.17, 15) is 17.6 Å². The van der Waals surface area contributed by atoms with Gasteiger partial charge in [-0.2, -0.15) is 0 Å². The number of nitrogens with one attached hydrogen (secondary N) is 1. The summed E-state index contributed by atoms with van der Waals surface area (Å²) in [6.45, 7) is 3.55. The van der Waals surface area contributed by atoms with Crippen molar-refractivity contribution in [3.05, 3.63) is 89.2 Å². The van der Waals surface area contributed by atoms with Crippen molar-refractivity contribution in [3.8, 4) is 0 Å². The highest BCUT2D eigenvalue weighted by atomic mass is 32.2. The summed E-state index contributed by atoms with van der Waals surface area (Å²) < 4.78 is 41.5. The van der Waals surface area contributed by atoms with E-state index in [0.717, 1.165) is 5.56 Å². The molecule has 0 bridgehead atoms. The largest absolute Gasteiger partial charge is 0.322 e. The van der Waals surface area contributed by atoms with Gasteiger partial charge in [-0.3, -0.25) is 9.10 Å². The zero-order valence-corrected chi connectivity index (χ0v) is 17.4. The van der Waals surface area contributed by atoms with Gasteiger partial charge in [-0.25, -0.2) is 12.8 Å².